The van der Waals surface area contributed by atoms with Gasteiger partial charge >= 0.3 is 5.69 Å². The van der Waals surface area contributed by atoms with E-state index in [1.165, 1.54) is 12.1 Å². The van der Waals surface area contributed by atoms with Crippen molar-refractivity contribution in [3.63, 3.8) is 0 Å². The third kappa shape index (κ3) is 3.46. The fourth-order valence-corrected chi connectivity index (χ4v) is 2.43. The van der Waals surface area contributed by atoms with Crippen molar-refractivity contribution in [3.8, 4) is 11.3 Å². The molecule has 0 saturated heterocycles. The third-order valence-electron chi connectivity index (χ3n) is 4.02. The van der Waals surface area contributed by atoms with Gasteiger partial charge in [0, 0.05) is 17.3 Å². The van der Waals surface area contributed by atoms with Crippen LogP contribution in [0.3, 0.4) is 0 Å². The van der Waals surface area contributed by atoms with Crippen molar-refractivity contribution in [3.05, 3.63) is 81.3 Å². The molecule has 7 heteroatoms. The lowest BCUT2D eigenvalue weighted by Crippen LogP contribution is -2.11. The van der Waals surface area contributed by atoms with Gasteiger partial charge in [-0.05, 0) is 55.3 Å². The first-order valence-corrected chi connectivity index (χ1v) is 7.78. The quantitative estimate of drug-likeness (QED) is 0.535. The molecule has 3 aromatic rings. The normalized spacial score (nSPS) is 10.6. The zero-order valence-corrected chi connectivity index (χ0v) is 14.1. The summed E-state index contributed by atoms with van der Waals surface area (Å²) in [6, 6.07) is 12.1. The summed E-state index contributed by atoms with van der Waals surface area (Å²) in [5.41, 5.74) is 2.48. The van der Waals surface area contributed by atoms with Crippen LogP contribution in [0.5, 0.6) is 0 Å². The summed E-state index contributed by atoms with van der Waals surface area (Å²) in [5, 5.41) is 13.2. The predicted molar refractivity (Wildman–Crippen MR) is 94.6 cm³/mol. The van der Waals surface area contributed by atoms with E-state index in [1.807, 2.05) is 32.0 Å². The van der Waals surface area contributed by atoms with Crippen molar-refractivity contribution < 1.29 is 18.5 Å². The highest BCUT2D eigenvalue weighted by atomic mass is 19.1. The molecule has 6 nitrogen and oxygen atoms in total. The van der Waals surface area contributed by atoms with Crippen LogP contribution >= 0.6 is 0 Å². The average molecular weight is 354 g/mol. The van der Waals surface area contributed by atoms with Crippen molar-refractivity contribution in [2.24, 2.45) is 0 Å². The van der Waals surface area contributed by atoms with Gasteiger partial charge in [0.25, 0.3) is 5.91 Å². The van der Waals surface area contributed by atoms with Gasteiger partial charge in [0.05, 0.1) is 4.92 Å². The van der Waals surface area contributed by atoms with Crippen LogP contribution in [0.4, 0.5) is 15.8 Å². The van der Waals surface area contributed by atoms with Crippen LogP contribution in [0.25, 0.3) is 11.3 Å². The molecule has 0 unspecified atom stereocenters. The molecule has 1 amide bonds. The minimum Gasteiger partial charge on any atom is -0.451 e. The molecule has 0 fully saturated rings. The number of rotatable bonds is 4. The molecule has 0 aliphatic rings. The Morgan fingerprint density at radius 2 is 1.85 bits per heavy atom. The maximum absolute atomic E-state index is 13.4. The lowest BCUT2D eigenvalue weighted by atomic mass is 10.1. The van der Waals surface area contributed by atoms with E-state index in [0.717, 1.165) is 28.8 Å². The van der Waals surface area contributed by atoms with Gasteiger partial charge in [0.2, 0.25) is 5.82 Å². The Morgan fingerprint density at radius 1 is 1.08 bits per heavy atom. The molecular weight excluding hydrogens is 339 g/mol. The molecule has 26 heavy (non-hydrogen) atoms. The Bertz CT molecular complexity index is 1010. The number of benzene rings is 2. The molecule has 1 aromatic heterocycles. The molecule has 1 heterocycles. The van der Waals surface area contributed by atoms with Gasteiger partial charge in [-0.3, -0.25) is 14.9 Å². The number of hydrogen-bond donors (Lipinski definition) is 1. The van der Waals surface area contributed by atoms with E-state index in [9.17, 15) is 19.3 Å². The zero-order valence-electron chi connectivity index (χ0n) is 14.1. The number of amides is 1. The summed E-state index contributed by atoms with van der Waals surface area (Å²) in [7, 11) is 0. The van der Waals surface area contributed by atoms with Gasteiger partial charge in [-0.1, -0.05) is 12.1 Å². The second-order valence-electron chi connectivity index (χ2n) is 5.84. The van der Waals surface area contributed by atoms with Gasteiger partial charge in [0.1, 0.15) is 5.76 Å². The highest BCUT2D eigenvalue weighted by Gasteiger charge is 2.17. The number of nitrogens with one attached hydrogen (secondary N) is 1. The molecule has 0 radical (unpaired) electrons. The lowest BCUT2D eigenvalue weighted by molar-refractivity contribution is -0.387. The van der Waals surface area contributed by atoms with Crippen molar-refractivity contribution in [2.45, 2.75) is 13.8 Å². The summed E-state index contributed by atoms with van der Waals surface area (Å²) in [6.45, 7) is 3.98. The molecule has 0 spiro atoms. The van der Waals surface area contributed by atoms with Crippen molar-refractivity contribution >= 4 is 17.3 Å². The Balaban J connectivity index is 1.81. The van der Waals surface area contributed by atoms with Gasteiger partial charge in [0.15, 0.2) is 5.76 Å². The van der Waals surface area contributed by atoms with Crippen molar-refractivity contribution in [1.82, 2.24) is 0 Å². The first-order chi connectivity index (χ1) is 12.3. The van der Waals surface area contributed by atoms with E-state index in [1.54, 1.807) is 6.07 Å². The number of aryl methyl sites for hydroxylation is 2. The van der Waals surface area contributed by atoms with Crippen LogP contribution in [-0.4, -0.2) is 10.8 Å². The average Bonchev–Trinajstić information content (AvgIpc) is 3.09. The summed E-state index contributed by atoms with van der Waals surface area (Å²) in [4.78, 5) is 22.2. The molecular formula is C19H15FN2O4. The van der Waals surface area contributed by atoms with Crippen LogP contribution < -0.4 is 5.32 Å². The smallest absolute Gasteiger partial charge is 0.306 e. The third-order valence-corrected chi connectivity index (χ3v) is 4.02. The molecule has 2 aromatic carbocycles. The minimum atomic E-state index is -0.969. The van der Waals surface area contributed by atoms with Gasteiger partial charge < -0.3 is 9.73 Å². The summed E-state index contributed by atoms with van der Waals surface area (Å²) >= 11 is 0. The van der Waals surface area contributed by atoms with Crippen LogP contribution in [-0.2, 0) is 0 Å². The Kier molecular flexibility index (Phi) is 4.53. The number of furan rings is 1. The molecule has 0 bridgehead atoms. The molecule has 132 valence electrons. The minimum absolute atomic E-state index is 0.0465. The Labute approximate surface area is 148 Å². The first kappa shape index (κ1) is 17.3. The van der Waals surface area contributed by atoms with Crippen molar-refractivity contribution in [1.29, 1.82) is 0 Å². The zero-order chi connectivity index (χ0) is 18.8. The molecule has 0 atom stereocenters. The summed E-state index contributed by atoms with van der Waals surface area (Å²) < 4.78 is 18.9. The largest absolute Gasteiger partial charge is 0.451 e. The number of nitrogens with zero attached hydrogens (tertiary/aromatic N) is 1. The standard InChI is InChI=1S/C19H15FN2O4/c1-11-3-4-13(9-12(11)2)17-7-8-18(26-17)19(23)21-14-5-6-15(20)16(10-14)22(24)25/h3-10H,1-2H3,(H,21,23). The Morgan fingerprint density at radius 3 is 2.54 bits per heavy atom. The number of halogens is 1. The molecule has 1 N–H and O–H groups in total. The fourth-order valence-electron chi connectivity index (χ4n) is 2.43. The lowest BCUT2D eigenvalue weighted by Gasteiger charge is -2.04. The van der Waals surface area contributed by atoms with E-state index >= 15 is 0 Å². The topological polar surface area (TPSA) is 85.4 Å². The summed E-state index contributed by atoms with van der Waals surface area (Å²) in [6.07, 6.45) is 0. The van der Waals surface area contributed by atoms with Crippen LogP contribution in [0.2, 0.25) is 0 Å². The number of nitro benzene ring substituents is 1. The number of anilines is 1. The molecule has 0 aliphatic heterocycles. The first-order valence-electron chi connectivity index (χ1n) is 7.78. The van der Waals surface area contributed by atoms with Crippen LogP contribution in [0, 0.1) is 29.8 Å². The molecule has 0 saturated carbocycles. The highest BCUT2D eigenvalue weighted by molar-refractivity contribution is 6.02. The number of nitro groups is 1. The maximum atomic E-state index is 13.4. The van der Waals surface area contributed by atoms with Crippen LogP contribution in [0.1, 0.15) is 21.7 Å². The number of carbonyl (C=O) groups is 1. The van der Waals surface area contributed by atoms with Gasteiger partial charge in [-0.2, -0.15) is 4.39 Å². The fraction of sp³-hybridized carbons (Fsp3) is 0.105. The van der Waals surface area contributed by atoms with E-state index < -0.39 is 22.3 Å². The second-order valence-corrected chi connectivity index (χ2v) is 5.84. The van der Waals surface area contributed by atoms with E-state index in [0.29, 0.717) is 5.76 Å². The molecule has 3 rings (SSSR count). The maximum Gasteiger partial charge on any atom is 0.306 e. The summed E-state index contributed by atoms with van der Waals surface area (Å²) in [5.74, 6) is -0.974. The van der Waals surface area contributed by atoms with E-state index in [4.69, 9.17) is 4.42 Å². The van der Waals surface area contributed by atoms with E-state index in [2.05, 4.69) is 5.32 Å². The SMILES string of the molecule is Cc1ccc(-c2ccc(C(=O)Nc3ccc(F)c([N+](=O)[O-])c3)o2)cc1C. The van der Waals surface area contributed by atoms with Crippen LogP contribution in [0.15, 0.2) is 52.9 Å². The highest BCUT2D eigenvalue weighted by Crippen LogP contribution is 2.26. The second kappa shape index (κ2) is 6.79. The van der Waals surface area contributed by atoms with Crippen molar-refractivity contribution in [2.75, 3.05) is 5.32 Å². The number of carbonyl (C=O) groups excluding carboxylic acids is 1. The van der Waals surface area contributed by atoms with Gasteiger partial charge in [-0.15, -0.1) is 0 Å². The van der Waals surface area contributed by atoms with Gasteiger partial charge in [-0.25, -0.2) is 0 Å². The number of hydrogen-bond acceptors (Lipinski definition) is 4. The predicted octanol–water partition coefficient (Wildman–Crippen LogP) is 4.86. The molecule has 0 aliphatic carbocycles. The van der Waals surface area contributed by atoms with E-state index in [-0.39, 0.29) is 11.4 Å². The monoisotopic (exact) mass is 354 g/mol. The Hall–Kier alpha value is -3.48.